The van der Waals surface area contributed by atoms with Gasteiger partial charge in [0.05, 0.1) is 12.2 Å². The van der Waals surface area contributed by atoms with Crippen molar-refractivity contribution in [2.45, 2.75) is 104 Å². The van der Waals surface area contributed by atoms with Crippen LogP contribution in [0.3, 0.4) is 0 Å². The molecule has 0 N–H and O–H groups in total. The Bertz CT molecular complexity index is 1190. The molecule has 0 aliphatic rings. The monoisotopic (exact) mass is 564 g/mol. The first-order valence-corrected chi connectivity index (χ1v) is 15.6. The first-order valence-electron chi connectivity index (χ1n) is 15.6. The van der Waals surface area contributed by atoms with Crippen molar-refractivity contribution >= 4 is 5.97 Å². The molecule has 0 aliphatic heterocycles. The Kier molecular flexibility index (Phi) is 14.6. The summed E-state index contributed by atoms with van der Waals surface area (Å²) in [5.74, 6) is -2.26. The van der Waals surface area contributed by atoms with Crippen LogP contribution in [0.1, 0.15) is 113 Å². The maximum atomic E-state index is 16.0. The van der Waals surface area contributed by atoms with E-state index < -0.39 is 17.6 Å². The van der Waals surface area contributed by atoms with Crippen molar-refractivity contribution in [3.63, 3.8) is 0 Å². The van der Waals surface area contributed by atoms with Gasteiger partial charge in [-0.3, -0.25) is 4.89 Å². The molecule has 0 aliphatic carbocycles. The highest BCUT2D eigenvalue weighted by Crippen LogP contribution is 2.37. The Labute approximate surface area is 245 Å². The summed E-state index contributed by atoms with van der Waals surface area (Å²) in [6.07, 6.45) is 15.6. The number of hydrogen-bond acceptors (Lipinski definition) is 3. The predicted molar refractivity (Wildman–Crippen MR) is 164 cm³/mol. The Morgan fingerprint density at radius 1 is 0.683 bits per heavy atom. The fourth-order valence-corrected chi connectivity index (χ4v) is 5.14. The molecule has 0 amide bonds. The Balaban J connectivity index is 1.74. The first-order chi connectivity index (χ1) is 20.1. The van der Waals surface area contributed by atoms with Gasteiger partial charge in [-0.1, -0.05) is 133 Å². The summed E-state index contributed by atoms with van der Waals surface area (Å²) in [5, 5.41) is 0. The van der Waals surface area contributed by atoms with Crippen LogP contribution < -0.4 is 0 Å². The van der Waals surface area contributed by atoms with Gasteiger partial charge in [0.25, 0.3) is 0 Å². The van der Waals surface area contributed by atoms with Crippen molar-refractivity contribution in [2.75, 3.05) is 6.61 Å². The maximum absolute atomic E-state index is 16.0. The average Bonchev–Trinajstić information content (AvgIpc) is 2.98. The van der Waals surface area contributed by atoms with E-state index in [2.05, 4.69) is 13.8 Å². The second-order valence-corrected chi connectivity index (χ2v) is 10.9. The standard InChI is InChI=1S/C36H46F2O3/c1-3-5-7-9-10-11-12-15-19-28-22-23-31(33(37)27-28)34-30(29-20-16-14-17-21-29)24-25-32(35(34)38)36(39)41-40-26-18-13-8-6-4-2/h14,16-17,20-25,27H,3-13,15,18-19,26H2,1-2H3. The van der Waals surface area contributed by atoms with Gasteiger partial charge in [-0.05, 0) is 48.1 Å². The zero-order valence-electron chi connectivity index (χ0n) is 24.9. The van der Waals surface area contributed by atoms with E-state index in [1.54, 1.807) is 12.1 Å². The number of aryl methyl sites for hydroxylation is 1. The number of carbonyl (C=O) groups excluding carboxylic acids is 1. The highest BCUT2D eigenvalue weighted by Gasteiger charge is 2.24. The molecule has 5 heteroatoms. The molecule has 0 saturated carbocycles. The molecule has 0 unspecified atom stereocenters. The smallest absolute Gasteiger partial charge is 0.293 e. The maximum Gasteiger partial charge on any atom is 0.376 e. The van der Waals surface area contributed by atoms with Gasteiger partial charge in [0.2, 0.25) is 0 Å². The zero-order chi connectivity index (χ0) is 29.3. The van der Waals surface area contributed by atoms with Crippen LogP contribution in [0.5, 0.6) is 0 Å². The molecule has 0 spiro atoms. The number of carbonyl (C=O) groups is 1. The number of rotatable bonds is 19. The SMILES string of the molecule is CCCCCCCCCCc1ccc(-c2c(-c3ccccc3)ccc(C(=O)OOCCCCCCC)c2F)c(F)c1. The molecule has 0 bridgehead atoms. The quantitative estimate of drug-likeness (QED) is 0.0825. The van der Waals surface area contributed by atoms with Crippen molar-refractivity contribution < 1.29 is 23.4 Å². The molecular weight excluding hydrogens is 518 g/mol. The fraction of sp³-hybridized carbons (Fsp3) is 0.472. The van der Waals surface area contributed by atoms with E-state index in [9.17, 15) is 4.79 Å². The molecule has 0 aromatic heterocycles. The predicted octanol–water partition coefficient (Wildman–Crippen LogP) is 11.0. The van der Waals surface area contributed by atoms with Crippen LogP contribution in [0.25, 0.3) is 22.3 Å². The van der Waals surface area contributed by atoms with Crippen LogP contribution >= 0.6 is 0 Å². The van der Waals surface area contributed by atoms with Crippen LogP contribution in [0, 0.1) is 11.6 Å². The van der Waals surface area contributed by atoms with Gasteiger partial charge in [0.15, 0.2) is 0 Å². The molecule has 0 fully saturated rings. The molecule has 3 rings (SSSR count). The molecule has 0 heterocycles. The Morgan fingerprint density at radius 3 is 1.95 bits per heavy atom. The molecule has 222 valence electrons. The van der Waals surface area contributed by atoms with Crippen molar-refractivity contribution in [1.82, 2.24) is 0 Å². The van der Waals surface area contributed by atoms with Crippen molar-refractivity contribution in [3.05, 3.63) is 83.4 Å². The summed E-state index contributed by atoms with van der Waals surface area (Å²) in [4.78, 5) is 22.7. The minimum Gasteiger partial charge on any atom is -0.293 e. The van der Waals surface area contributed by atoms with Gasteiger partial charge in [-0.2, -0.15) is 4.89 Å². The highest BCUT2D eigenvalue weighted by molar-refractivity contribution is 5.95. The minimum atomic E-state index is -0.927. The summed E-state index contributed by atoms with van der Waals surface area (Å²) in [6, 6.07) is 17.2. The van der Waals surface area contributed by atoms with Crippen molar-refractivity contribution in [1.29, 1.82) is 0 Å². The van der Waals surface area contributed by atoms with Crippen LogP contribution in [0.15, 0.2) is 60.7 Å². The van der Waals surface area contributed by atoms with Gasteiger partial charge in [-0.25, -0.2) is 13.6 Å². The third-order valence-corrected chi connectivity index (χ3v) is 7.53. The number of unbranched alkanes of at least 4 members (excludes halogenated alkanes) is 11. The summed E-state index contributed by atoms with van der Waals surface area (Å²) in [6.45, 7) is 4.61. The zero-order valence-corrected chi connectivity index (χ0v) is 24.9. The topological polar surface area (TPSA) is 35.5 Å². The fourth-order valence-electron chi connectivity index (χ4n) is 5.14. The molecule has 0 atom stereocenters. The summed E-state index contributed by atoms with van der Waals surface area (Å²) < 4.78 is 31.6. The van der Waals surface area contributed by atoms with E-state index >= 15 is 8.78 Å². The molecular formula is C36H46F2O3. The van der Waals surface area contributed by atoms with Crippen LogP contribution in [0.4, 0.5) is 8.78 Å². The molecule has 41 heavy (non-hydrogen) atoms. The molecule has 3 aromatic rings. The second kappa shape index (κ2) is 18.4. The third-order valence-electron chi connectivity index (χ3n) is 7.53. The lowest BCUT2D eigenvalue weighted by Crippen LogP contribution is -2.10. The van der Waals surface area contributed by atoms with Crippen LogP contribution in [0.2, 0.25) is 0 Å². The van der Waals surface area contributed by atoms with Gasteiger partial charge in [0, 0.05) is 11.1 Å². The summed E-state index contributed by atoms with van der Waals surface area (Å²) in [7, 11) is 0. The molecule has 3 aromatic carbocycles. The minimum absolute atomic E-state index is 0.0429. The molecule has 3 nitrogen and oxygen atoms in total. The Hall–Kier alpha value is -3.05. The van der Waals surface area contributed by atoms with Crippen LogP contribution in [-0.4, -0.2) is 12.6 Å². The van der Waals surface area contributed by atoms with E-state index in [-0.39, 0.29) is 23.3 Å². The average molecular weight is 565 g/mol. The number of hydrogen-bond donors (Lipinski definition) is 0. The van der Waals surface area contributed by atoms with Gasteiger partial charge < -0.3 is 0 Å². The normalized spacial score (nSPS) is 11.1. The highest BCUT2D eigenvalue weighted by atomic mass is 19.1. The number of benzene rings is 3. The van der Waals surface area contributed by atoms with E-state index in [0.717, 1.165) is 62.5 Å². The largest absolute Gasteiger partial charge is 0.376 e. The van der Waals surface area contributed by atoms with Crippen molar-refractivity contribution in [2.24, 2.45) is 0 Å². The summed E-state index contributed by atoms with van der Waals surface area (Å²) in [5.41, 5.74) is 2.00. The van der Waals surface area contributed by atoms with E-state index in [1.807, 2.05) is 36.4 Å². The van der Waals surface area contributed by atoms with E-state index in [0.29, 0.717) is 5.56 Å². The van der Waals surface area contributed by atoms with Gasteiger partial charge in [0.1, 0.15) is 11.6 Å². The van der Waals surface area contributed by atoms with Gasteiger partial charge in [-0.15, -0.1) is 0 Å². The lowest BCUT2D eigenvalue weighted by Gasteiger charge is -2.15. The van der Waals surface area contributed by atoms with E-state index in [4.69, 9.17) is 9.78 Å². The molecule has 0 saturated heterocycles. The molecule has 0 radical (unpaired) electrons. The first kappa shape index (κ1) is 32.5. The Morgan fingerprint density at radius 2 is 1.29 bits per heavy atom. The van der Waals surface area contributed by atoms with Crippen molar-refractivity contribution in [3.8, 4) is 22.3 Å². The third kappa shape index (κ3) is 10.4. The van der Waals surface area contributed by atoms with Gasteiger partial charge >= 0.3 is 5.97 Å². The number of halogens is 2. The van der Waals surface area contributed by atoms with Crippen LogP contribution in [-0.2, 0) is 16.2 Å². The van der Waals surface area contributed by atoms with E-state index in [1.165, 1.54) is 50.7 Å². The lowest BCUT2D eigenvalue weighted by molar-refractivity contribution is -0.241. The second-order valence-electron chi connectivity index (χ2n) is 10.9. The lowest BCUT2D eigenvalue weighted by atomic mass is 9.91. The summed E-state index contributed by atoms with van der Waals surface area (Å²) >= 11 is 0.